The van der Waals surface area contributed by atoms with Crippen molar-refractivity contribution < 1.29 is 29.0 Å². The van der Waals surface area contributed by atoms with Crippen LogP contribution in [0.5, 0.6) is 11.5 Å². The zero-order valence-electron chi connectivity index (χ0n) is 25.3. The lowest BCUT2D eigenvalue weighted by molar-refractivity contribution is -0.385. The van der Waals surface area contributed by atoms with E-state index in [0.717, 1.165) is 5.56 Å². The van der Waals surface area contributed by atoms with Crippen LogP contribution in [0.3, 0.4) is 0 Å². The molecule has 0 saturated heterocycles. The highest BCUT2D eigenvalue weighted by molar-refractivity contribution is 7.80. The number of aliphatic hydroxyl groups excluding tert-OH is 1. The van der Waals surface area contributed by atoms with Gasteiger partial charge in [0, 0.05) is 18.0 Å². The second-order valence-electron chi connectivity index (χ2n) is 9.95. The summed E-state index contributed by atoms with van der Waals surface area (Å²) in [5, 5.41) is 29.1. The molecule has 0 spiro atoms. The maximum atomic E-state index is 13.1. The number of hydrogen-bond acceptors (Lipinski definition) is 9. The van der Waals surface area contributed by atoms with Crippen LogP contribution >= 0.6 is 24.4 Å². The molecule has 0 bridgehead atoms. The van der Waals surface area contributed by atoms with Crippen molar-refractivity contribution in [1.82, 2.24) is 10.2 Å². The molecule has 240 valence electrons. The lowest BCUT2D eigenvalue weighted by Crippen LogP contribution is -2.50. The summed E-state index contributed by atoms with van der Waals surface area (Å²) in [7, 11) is 1.58. The van der Waals surface area contributed by atoms with Crippen LogP contribution in [0.4, 0.5) is 11.4 Å². The number of methoxy groups -OCH3 is 1. The van der Waals surface area contributed by atoms with Gasteiger partial charge in [-0.05, 0) is 86.3 Å². The number of nitro benzene ring substituents is 1. The number of nitro groups is 1. The fourth-order valence-electron chi connectivity index (χ4n) is 4.74. The number of nitrogens with one attached hydrogen (secondary N) is 2. The van der Waals surface area contributed by atoms with E-state index in [2.05, 4.69) is 15.6 Å². The zero-order valence-corrected chi connectivity index (χ0v) is 27.0. The molecule has 0 fully saturated rings. The van der Waals surface area contributed by atoms with E-state index in [1.54, 1.807) is 74.5 Å². The average molecular weight is 664 g/mol. The number of carbonyl (C=O) groups excluding carboxylic acids is 1. The number of aliphatic hydroxyl groups is 1. The fourth-order valence-corrected chi connectivity index (χ4v) is 5.23. The molecule has 0 amide bonds. The Morgan fingerprint density at radius 2 is 1.87 bits per heavy atom. The second kappa shape index (κ2) is 15.9. The van der Waals surface area contributed by atoms with Gasteiger partial charge in [0.15, 0.2) is 10.2 Å². The molecule has 0 saturated carbocycles. The van der Waals surface area contributed by atoms with Crippen LogP contribution in [-0.4, -0.2) is 70.3 Å². The van der Waals surface area contributed by atoms with Gasteiger partial charge in [0.25, 0.3) is 5.69 Å². The summed E-state index contributed by atoms with van der Waals surface area (Å²) in [6, 6.07) is 19.6. The number of carbonyl (C=O) groups is 1. The highest BCUT2D eigenvalue weighted by Crippen LogP contribution is 2.36. The number of benzene rings is 3. The Kier molecular flexibility index (Phi) is 11.7. The molecule has 4 rings (SSSR count). The number of para-hydroxylation sites is 3. The first-order valence-electron chi connectivity index (χ1n) is 14.2. The molecule has 2 atom stereocenters. The van der Waals surface area contributed by atoms with Gasteiger partial charge >= 0.3 is 5.97 Å². The largest absolute Gasteiger partial charge is 0.495 e. The highest BCUT2D eigenvalue weighted by Gasteiger charge is 2.38. The van der Waals surface area contributed by atoms with Crippen molar-refractivity contribution in [2.75, 3.05) is 32.2 Å². The summed E-state index contributed by atoms with van der Waals surface area (Å²) < 4.78 is 16.4. The molecular formula is C32H33N5O7S2. The molecule has 14 heteroatoms. The zero-order chi connectivity index (χ0) is 33.2. The Labute approximate surface area is 276 Å². The quantitative estimate of drug-likeness (QED) is 0.0794. The Balaban J connectivity index is 1.40. The smallest absolute Gasteiger partial charge is 0.338 e. The normalized spacial score (nSPS) is 15.3. The molecule has 3 aromatic carbocycles. The van der Waals surface area contributed by atoms with Crippen molar-refractivity contribution in [2.45, 2.75) is 26.0 Å². The summed E-state index contributed by atoms with van der Waals surface area (Å²) in [4.78, 5) is 30.1. The topological polar surface area (TPSA) is 148 Å². The van der Waals surface area contributed by atoms with Crippen molar-refractivity contribution in [2.24, 2.45) is 4.99 Å². The van der Waals surface area contributed by atoms with E-state index in [-0.39, 0.29) is 46.8 Å². The standard InChI is InChI=1S/C32H33N5O7S2/c1-4-43-30(39)28-20(2)36(32(46)35-29(28)24-9-5-7-11-26(24)37(40)41)18-22(38)19-44-23-15-13-21(14-16-23)17-33-31(45)34-25-10-6-8-12-27(25)42-3/h5-17,22,29,38H,4,18-19H2,1-3H3,(H,34,45)(H,35,46). The second-order valence-corrected chi connectivity index (χ2v) is 10.7. The maximum absolute atomic E-state index is 13.1. The molecule has 1 aliphatic heterocycles. The van der Waals surface area contributed by atoms with Gasteiger partial charge in [-0.15, -0.1) is 0 Å². The van der Waals surface area contributed by atoms with Crippen LogP contribution in [0.25, 0.3) is 0 Å². The fraction of sp³-hybridized carbons (Fsp3) is 0.250. The molecule has 1 heterocycles. The van der Waals surface area contributed by atoms with Crippen LogP contribution in [-0.2, 0) is 9.53 Å². The third-order valence-corrected chi connectivity index (χ3v) is 7.48. The van der Waals surface area contributed by atoms with Crippen molar-refractivity contribution in [3.63, 3.8) is 0 Å². The van der Waals surface area contributed by atoms with Gasteiger partial charge in [-0.1, -0.05) is 24.3 Å². The number of hydrogen-bond donors (Lipinski definition) is 3. The molecule has 2 unspecified atom stereocenters. The van der Waals surface area contributed by atoms with Gasteiger partial charge in [-0.3, -0.25) is 10.1 Å². The third-order valence-electron chi connectivity index (χ3n) is 6.93. The van der Waals surface area contributed by atoms with Gasteiger partial charge < -0.3 is 34.9 Å². The molecule has 3 N–H and O–H groups in total. The molecule has 0 aliphatic carbocycles. The summed E-state index contributed by atoms with van der Waals surface area (Å²) in [5.74, 6) is 0.519. The predicted octanol–water partition coefficient (Wildman–Crippen LogP) is 4.93. The van der Waals surface area contributed by atoms with E-state index < -0.39 is 23.0 Å². The SMILES string of the molecule is CCOC(=O)C1=C(C)N(CC(O)COc2ccc(C=NC(=S)Nc3ccccc3OC)cc2)C(=S)NC1c1ccccc1[N+](=O)[O-]. The number of aliphatic imine (C=N–C) groups is 1. The maximum Gasteiger partial charge on any atom is 0.338 e. The number of esters is 1. The van der Waals surface area contributed by atoms with Crippen LogP contribution in [0.1, 0.15) is 31.0 Å². The summed E-state index contributed by atoms with van der Waals surface area (Å²) in [5.41, 5.74) is 2.16. The Morgan fingerprint density at radius 1 is 1.17 bits per heavy atom. The minimum atomic E-state index is -1.01. The van der Waals surface area contributed by atoms with E-state index in [1.165, 1.54) is 6.07 Å². The highest BCUT2D eigenvalue weighted by atomic mass is 32.1. The Hall–Kier alpha value is -4.92. The number of ether oxygens (including phenoxy) is 3. The number of rotatable bonds is 12. The van der Waals surface area contributed by atoms with Gasteiger partial charge in [-0.2, -0.15) is 0 Å². The van der Waals surface area contributed by atoms with Gasteiger partial charge in [0.2, 0.25) is 0 Å². The molecule has 0 radical (unpaired) electrons. The lowest BCUT2D eigenvalue weighted by atomic mass is 9.93. The Morgan fingerprint density at radius 3 is 2.57 bits per heavy atom. The minimum absolute atomic E-state index is 0.00837. The van der Waals surface area contributed by atoms with Crippen LogP contribution in [0, 0.1) is 10.1 Å². The van der Waals surface area contributed by atoms with E-state index in [1.807, 2.05) is 24.3 Å². The lowest BCUT2D eigenvalue weighted by Gasteiger charge is -2.38. The average Bonchev–Trinajstić information content (AvgIpc) is 3.05. The van der Waals surface area contributed by atoms with Crippen molar-refractivity contribution in [1.29, 1.82) is 0 Å². The summed E-state index contributed by atoms with van der Waals surface area (Å²) in [6.07, 6.45) is 0.599. The van der Waals surface area contributed by atoms with E-state index >= 15 is 0 Å². The number of nitrogens with zero attached hydrogens (tertiary/aromatic N) is 3. The molecule has 0 aromatic heterocycles. The van der Waals surface area contributed by atoms with Gasteiger partial charge in [0.05, 0.1) is 48.1 Å². The number of anilines is 1. The van der Waals surface area contributed by atoms with Crippen molar-refractivity contribution in [3.8, 4) is 11.5 Å². The van der Waals surface area contributed by atoms with Crippen molar-refractivity contribution in [3.05, 3.63) is 105 Å². The van der Waals surface area contributed by atoms with Gasteiger partial charge in [-0.25, -0.2) is 9.79 Å². The third kappa shape index (κ3) is 8.41. The van der Waals surface area contributed by atoms with Crippen LogP contribution < -0.4 is 20.1 Å². The first kappa shape index (κ1) is 34.0. The monoisotopic (exact) mass is 663 g/mol. The Bertz CT molecular complexity index is 1660. The number of thiocarbonyl (C=S) groups is 2. The van der Waals surface area contributed by atoms with Crippen LogP contribution in [0.2, 0.25) is 0 Å². The van der Waals surface area contributed by atoms with E-state index in [9.17, 15) is 20.0 Å². The summed E-state index contributed by atoms with van der Waals surface area (Å²) >= 11 is 10.9. The number of allylic oxidation sites excluding steroid dienone is 1. The van der Waals surface area contributed by atoms with Crippen LogP contribution in [0.15, 0.2) is 89.1 Å². The predicted molar refractivity (Wildman–Crippen MR) is 182 cm³/mol. The molecule has 3 aromatic rings. The minimum Gasteiger partial charge on any atom is -0.495 e. The van der Waals surface area contributed by atoms with E-state index in [4.69, 9.17) is 38.6 Å². The molecule has 12 nitrogen and oxygen atoms in total. The van der Waals surface area contributed by atoms with Crippen molar-refractivity contribution >= 4 is 58.2 Å². The summed E-state index contributed by atoms with van der Waals surface area (Å²) in [6.45, 7) is 3.35. The first-order chi connectivity index (χ1) is 22.1. The molecule has 1 aliphatic rings. The molecular weight excluding hydrogens is 631 g/mol. The van der Waals surface area contributed by atoms with E-state index in [0.29, 0.717) is 22.9 Å². The first-order valence-corrected chi connectivity index (χ1v) is 15.0. The van der Waals surface area contributed by atoms with Gasteiger partial charge in [0.1, 0.15) is 24.2 Å². The molecule has 46 heavy (non-hydrogen) atoms. The number of β-amino-alcohol motifs (C(OH)–C–C–N with tert-alkyl or cyclic N) is 1.